The average molecular weight is 518 g/mol. The molecule has 1 saturated heterocycles. The second kappa shape index (κ2) is 10.8. The van der Waals surface area contributed by atoms with E-state index in [0.717, 1.165) is 53.4 Å². The predicted molar refractivity (Wildman–Crippen MR) is 111 cm³/mol. The first-order valence-corrected chi connectivity index (χ1v) is 10.6. The van der Waals surface area contributed by atoms with Crippen LogP contribution in [0.15, 0.2) is 57.5 Å². The summed E-state index contributed by atoms with van der Waals surface area (Å²) in [5, 5.41) is 8.87. The molecular weight excluding hydrogens is 491 g/mol. The van der Waals surface area contributed by atoms with Gasteiger partial charge in [0.15, 0.2) is 9.81 Å². The molecule has 28 heavy (non-hydrogen) atoms. The lowest BCUT2D eigenvalue weighted by Crippen LogP contribution is -3.59. The molecule has 2 aliphatic heterocycles. The number of hydrogen-bond acceptors (Lipinski definition) is 4. The van der Waals surface area contributed by atoms with E-state index in [9.17, 15) is 0 Å². The molecule has 0 aromatic heterocycles. The smallest absolute Gasteiger partial charge is 0.292 e. The number of hydrogen-bond donors (Lipinski definition) is 2. The van der Waals surface area contributed by atoms with Crippen molar-refractivity contribution in [1.29, 1.82) is 0 Å². The molecule has 3 rings (SSSR count). The Kier molecular flexibility index (Phi) is 9.01. The molecule has 10 heteroatoms. The number of rotatable bonds is 6. The van der Waals surface area contributed by atoms with Crippen molar-refractivity contribution in [3.63, 3.8) is 0 Å². The number of quaternary nitrogens is 2. The van der Waals surface area contributed by atoms with Crippen molar-refractivity contribution in [2.45, 2.75) is 62.1 Å². The van der Waals surface area contributed by atoms with E-state index in [1.807, 2.05) is 25.2 Å². The molecular formula is C18H26BClIN5O2. The van der Waals surface area contributed by atoms with Crippen molar-refractivity contribution in [3.05, 3.63) is 52.8 Å². The average Bonchev–Trinajstić information content (AvgIpc) is 2.67. The van der Waals surface area contributed by atoms with Crippen LogP contribution in [0.25, 0.3) is 5.43 Å². The fraction of sp³-hybridized carbons (Fsp3) is 0.556. The van der Waals surface area contributed by atoms with Gasteiger partial charge in [-0.3, -0.25) is 5.03 Å². The summed E-state index contributed by atoms with van der Waals surface area (Å²) in [5.74, 6) is 0.725. The van der Waals surface area contributed by atoms with Crippen LogP contribution in [0.4, 0.5) is 0 Å². The number of halogens is 2. The summed E-state index contributed by atoms with van der Waals surface area (Å²) in [5.41, 5.74) is 7.67. The van der Waals surface area contributed by atoms with Crippen LogP contribution in [0.3, 0.4) is 0 Å². The fourth-order valence-corrected chi connectivity index (χ4v) is 4.44. The zero-order valence-corrected chi connectivity index (χ0v) is 19.1. The van der Waals surface area contributed by atoms with Crippen LogP contribution in [0.1, 0.15) is 46.0 Å². The Morgan fingerprint density at radius 1 is 1.50 bits per heavy atom. The molecule has 2 heterocycles. The molecule has 1 fully saturated rings. The van der Waals surface area contributed by atoms with Gasteiger partial charge in [0.05, 0.1) is 6.04 Å². The van der Waals surface area contributed by atoms with Crippen LogP contribution < -0.4 is 22.9 Å². The number of allylic oxidation sites excluding steroid dienone is 3. The monoisotopic (exact) mass is 517 g/mol. The lowest BCUT2D eigenvalue weighted by Gasteiger charge is -2.45. The van der Waals surface area contributed by atoms with E-state index in [4.69, 9.17) is 23.1 Å². The summed E-state index contributed by atoms with van der Waals surface area (Å²) in [6.45, 7) is 8.11. The molecule has 0 aromatic carbocycles. The minimum atomic E-state index is -0.0777. The highest BCUT2D eigenvalue weighted by Crippen LogP contribution is 2.30. The zero-order valence-electron chi connectivity index (χ0n) is 16.2. The summed E-state index contributed by atoms with van der Waals surface area (Å²) in [4.78, 5) is 12.4. The van der Waals surface area contributed by atoms with Crippen molar-refractivity contribution in [2.24, 2.45) is 10.1 Å². The van der Waals surface area contributed by atoms with Gasteiger partial charge >= 0.3 is 0 Å². The summed E-state index contributed by atoms with van der Waals surface area (Å²) in [6.07, 6.45) is 11.0. The van der Waals surface area contributed by atoms with E-state index in [1.165, 1.54) is 0 Å². The summed E-state index contributed by atoms with van der Waals surface area (Å²) in [7, 11) is 5.19. The van der Waals surface area contributed by atoms with Crippen molar-refractivity contribution in [1.82, 2.24) is 0 Å². The first-order chi connectivity index (χ1) is 13.1. The third kappa shape index (κ3) is 5.18. The first-order valence-electron chi connectivity index (χ1n) is 9.36. The lowest BCUT2D eigenvalue weighted by atomic mass is 9.93. The van der Waals surface area contributed by atoms with Gasteiger partial charge in [0, 0.05) is 18.4 Å². The van der Waals surface area contributed by atoms with Crippen LogP contribution >= 0.6 is 22.6 Å². The minimum absolute atomic E-state index is 0. The van der Waals surface area contributed by atoms with E-state index >= 15 is 0 Å². The summed E-state index contributed by atoms with van der Waals surface area (Å²) >= 11 is 2.44. The van der Waals surface area contributed by atoms with Crippen molar-refractivity contribution >= 4 is 30.6 Å². The minimum Gasteiger partial charge on any atom is -1.00 e. The molecule has 3 aliphatic rings. The molecule has 2 radical (unpaired) electrons. The van der Waals surface area contributed by atoms with Crippen LogP contribution in [0.2, 0.25) is 0 Å². The van der Waals surface area contributed by atoms with E-state index in [2.05, 4.69) is 46.2 Å². The van der Waals surface area contributed by atoms with Crippen molar-refractivity contribution in [2.75, 3.05) is 0 Å². The van der Waals surface area contributed by atoms with Gasteiger partial charge in [-0.05, 0) is 34.6 Å². The Hall–Kier alpha value is -0.875. The lowest BCUT2D eigenvalue weighted by molar-refractivity contribution is -1.65. The van der Waals surface area contributed by atoms with Gasteiger partial charge in [-0.2, -0.15) is 0 Å². The van der Waals surface area contributed by atoms with Crippen LogP contribution in [0.5, 0.6) is 0 Å². The molecule has 0 saturated carbocycles. The van der Waals surface area contributed by atoms with Gasteiger partial charge < -0.3 is 17.8 Å². The highest BCUT2D eigenvalue weighted by molar-refractivity contribution is 14.1. The topological polar surface area (TPSA) is 66.2 Å². The summed E-state index contributed by atoms with van der Waals surface area (Å²) < 4.78 is 0.300. The van der Waals surface area contributed by atoms with Crippen LogP contribution in [0, 0.1) is 0 Å². The normalized spacial score (nSPS) is 32.5. The molecule has 0 aromatic rings. The second-order valence-electron chi connectivity index (χ2n) is 6.89. The van der Waals surface area contributed by atoms with Crippen molar-refractivity contribution < 1.29 is 32.5 Å². The Labute approximate surface area is 187 Å². The van der Waals surface area contributed by atoms with E-state index in [0.29, 0.717) is 15.8 Å². The molecule has 3 unspecified atom stereocenters. The van der Waals surface area contributed by atoms with Crippen LogP contribution in [-0.4, -0.2) is 24.2 Å². The Balaban J connectivity index is 0.00000280. The van der Waals surface area contributed by atoms with E-state index < -0.39 is 0 Å². The molecule has 7 nitrogen and oxygen atoms in total. The molecule has 5 atom stereocenters. The third-order valence-corrected chi connectivity index (χ3v) is 6.01. The highest BCUT2D eigenvalue weighted by atomic mass is 127. The number of alkyl halides is 1. The fourth-order valence-electron chi connectivity index (χ4n) is 3.48. The number of nitrogens with one attached hydrogen (secondary N) is 2. The quantitative estimate of drug-likeness (QED) is 0.158. The maximum atomic E-state index is 6.25. The van der Waals surface area contributed by atoms with Gasteiger partial charge in [-0.1, -0.05) is 57.2 Å². The SMILES string of the molecule is [B]N=NC1C=CC(C2=C(C)[N-][NH+]3[C@H](I)C[C@H](CCCC)O[NH+]3O2)=C(C=C)C1.[Cl-]. The number of unbranched alkanes of at least 4 members (excludes halogenated alkanes) is 1. The van der Waals surface area contributed by atoms with Gasteiger partial charge in [0.2, 0.25) is 0 Å². The third-order valence-electron chi connectivity index (χ3n) is 4.91. The largest absolute Gasteiger partial charge is 1.00 e. The molecule has 2 N–H and O–H groups in total. The Bertz CT molecular complexity index is 699. The standard InChI is InChI=1S/C18H26BIN5O2.ClH/c1-4-6-7-15-11-17(20)24-22-12(3)18(27-25(24)26-15)16-9-8-14(21-23-19)10-13(16)5-2;/h5,8-9,14-15,17,24-25H,2,4,6-7,10-11H2,1,3H3;1H/q+1;/p-1/t14?,15-,17-;/m0./s1. The van der Waals surface area contributed by atoms with Gasteiger partial charge in [-0.25, -0.2) is 9.95 Å². The maximum absolute atomic E-state index is 6.25. The van der Waals surface area contributed by atoms with Gasteiger partial charge in [-0.15, -0.1) is 9.96 Å². The Morgan fingerprint density at radius 2 is 2.29 bits per heavy atom. The molecule has 0 bridgehead atoms. The molecule has 0 amide bonds. The summed E-state index contributed by atoms with van der Waals surface area (Å²) in [6, 6.07) is -0.0777. The maximum Gasteiger partial charge on any atom is 0.292 e. The van der Waals surface area contributed by atoms with Gasteiger partial charge in [0.1, 0.15) is 11.4 Å². The molecule has 1 aliphatic carbocycles. The first kappa shape index (κ1) is 23.4. The van der Waals surface area contributed by atoms with E-state index in [-0.39, 0.29) is 24.6 Å². The van der Waals surface area contributed by atoms with E-state index in [1.54, 1.807) is 0 Å². The van der Waals surface area contributed by atoms with Gasteiger partial charge in [0.25, 0.3) is 7.98 Å². The second-order valence-corrected chi connectivity index (χ2v) is 8.39. The molecule has 152 valence electrons. The number of nitrogens with zero attached hydrogens (tertiary/aromatic N) is 3. The highest BCUT2D eigenvalue weighted by Gasteiger charge is 2.42. The molecule has 0 spiro atoms. The zero-order chi connectivity index (χ0) is 19.4. The van der Waals surface area contributed by atoms with Crippen molar-refractivity contribution in [3.8, 4) is 0 Å². The number of fused-ring (bicyclic) bond motifs is 1. The Morgan fingerprint density at radius 3 is 2.96 bits per heavy atom. The van der Waals surface area contributed by atoms with Crippen LogP contribution in [-0.2, 0) is 9.68 Å². The predicted octanol–water partition coefficient (Wildman–Crippen LogP) is -0.857.